The molecule has 20 heavy (non-hydrogen) atoms. The molecule has 0 aliphatic rings. The molecular weight excluding hydrogens is 253 g/mol. The van der Waals surface area contributed by atoms with Gasteiger partial charge in [0.25, 0.3) is 0 Å². The minimum atomic E-state index is -0.179. The normalized spacial score (nSPS) is 12.7. The van der Waals surface area contributed by atoms with Crippen molar-refractivity contribution < 1.29 is 8.81 Å². The van der Waals surface area contributed by atoms with Gasteiger partial charge in [0.15, 0.2) is 0 Å². The van der Waals surface area contributed by atoms with Crippen LogP contribution in [0.1, 0.15) is 47.9 Å². The molecule has 2 rings (SSSR count). The third kappa shape index (κ3) is 2.78. The molecule has 2 nitrogen and oxygen atoms in total. The largest absolute Gasteiger partial charge is 0.469 e. The quantitative estimate of drug-likeness (QED) is 0.880. The number of benzene rings is 1. The SMILES string of the molecule is CCNC(c1ccoc1CC)c1c(C)cc(F)cc1C. The number of hydrogen-bond donors (Lipinski definition) is 1. The Bertz CT molecular complexity index is 565. The average molecular weight is 275 g/mol. The zero-order valence-electron chi connectivity index (χ0n) is 12.6. The highest BCUT2D eigenvalue weighted by molar-refractivity contribution is 5.43. The van der Waals surface area contributed by atoms with Gasteiger partial charge in [0.05, 0.1) is 12.3 Å². The van der Waals surface area contributed by atoms with Crippen LogP contribution in [-0.4, -0.2) is 6.54 Å². The van der Waals surface area contributed by atoms with Gasteiger partial charge in [-0.3, -0.25) is 0 Å². The Kier molecular flexibility index (Phi) is 4.61. The lowest BCUT2D eigenvalue weighted by molar-refractivity contribution is 0.501. The minimum absolute atomic E-state index is 0.0503. The monoisotopic (exact) mass is 275 g/mol. The fraction of sp³-hybridized carbons (Fsp3) is 0.412. The van der Waals surface area contributed by atoms with Gasteiger partial charge < -0.3 is 9.73 Å². The van der Waals surface area contributed by atoms with E-state index in [4.69, 9.17) is 4.42 Å². The molecule has 1 N–H and O–H groups in total. The van der Waals surface area contributed by atoms with Crippen LogP contribution in [0.4, 0.5) is 4.39 Å². The zero-order chi connectivity index (χ0) is 14.7. The van der Waals surface area contributed by atoms with E-state index in [1.165, 1.54) is 0 Å². The van der Waals surface area contributed by atoms with Crippen molar-refractivity contribution >= 4 is 0 Å². The van der Waals surface area contributed by atoms with E-state index < -0.39 is 0 Å². The van der Waals surface area contributed by atoms with E-state index in [9.17, 15) is 4.39 Å². The lowest BCUT2D eigenvalue weighted by atomic mass is 9.91. The van der Waals surface area contributed by atoms with Crippen molar-refractivity contribution in [1.82, 2.24) is 5.32 Å². The molecule has 1 unspecified atom stereocenters. The highest BCUT2D eigenvalue weighted by Crippen LogP contribution is 2.31. The van der Waals surface area contributed by atoms with Crippen LogP contribution in [0, 0.1) is 19.7 Å². The van der Waals surface area contributed by atoms with Gasteiger partial charge in [0, 0.05) is 12.0 Å². The van der Waals surface area contributed by atoms with Gasteiger partial charge >= 0.3 is 0 Å². The molecule has 0 aliphatic carbocycles. The third-order valence-electron chi connectivity index (χ3n) is 3.67. The summed E-state index contributed by atoms with van der Waals surface area (Å²) in [6.07, 6.45) is 2.58. The van der Waals surface area contributed by atoms with Crippen LogP contribution in [0.25, 0.3) is 0 Å². The topological polar surface area (TPSA) is 25.2 Å². The number of halogens is 1. The molecule has 1 aromatic carbocycles. The van der Waals surface area contributed by atoms with Gasteiger partial charge in [0.1, 0.15) is 11.6 Å². The summed E-state index contributed by atoms with van der Waals surface area (Å²) in [4.78, 5) is 0. The van der Waals surface area contributed by atoms with Crippen LogP contribution in [0.5, 0.6) is 0 Å². The third-order valence-corrected chi connectivity index (χ3v) is 3.67. The summed E-state index contributed by atoms with van der Waals surface area (Å²) in [7, 11) is 0. The van der Waals surface area contributed by atoms with E-state index in [1.807, 2.05) is 19.9 Å². The molecule has 1 aromatic heterocycles. The first-order valence-corrected chi connectivity index (χ1v) is 7.14. The minimum Gasteiger partial charge on any atom is -0.469 e. The molecule has 0 radical (unpaired) electrons. The first-order chi connectivity index (χ1) is 9.58. The molecule has 0 fully saturated rings. The van der Waals surface area contributed by atoms with Crippen molar-refractivity contribution in [1.29, 1.82) is 0 Å². The molecule has 2 aromatic rings. The molecular formula is C17H22FNO. The average Bonchev–Trinajstić information content (AvgIpc) is 2.84. The molecule has 0 amide bonds. The van der Waals surface area contributed by atoms with E-state index >= 15 is 0 Å². The molecule has 108 valence electrons. The van der Waals surface area contributed by atoms with Crippen molar-refractivity contribution in [2.45, 2.75) is 40.2 Å². The van der Waals surface area contributed by atoms with E-state index in [-0.39, 0.29) is 11.9 Å². The molecule has 3 heteroatoms. The molecule has 0 saturated heterocycles. The van der Waals surface area contributed by atoms with Crippen molar-refractivity contribution in [3.05, 3.63) is 58.3 Å². The Morgan fingerprint density at radius 1 is 1.20 bits per heavy atom. The van der Waals surface area contributed by atoms with Gasteiger partial charge in [0.2, 0.25) is 0 Å². The van der Waals surface area contributed by atoms with Gasteiger partial charge in [-0.25, -0.2) is 4.39 Å². The van der Waals surface area contributed by atoms with Gasteiger partial charge in [-0.05, 0) is 55.3 Å². The molecule has 0 saturated carbocycles. The van der Waals surface area contributed by atoms with Crippen molar-refractivity contribution in [3.8, 4) is 0 Å². The predicted molar refractivity (Wildman–Crippen MR) is 79.5 cm³/mol. The highest BCUT2D eigenvalue weighted by atomic mass is 19.1. The predicted octanol–water partition coefficient (Wildman–Crippen LogP) is 4.30. The van der Waals surface area contributed by atoms with E-state index in [1.54, 1.807) is 18.4 Å². The molecule has 0 spiro atoms. The fourth-order valence-electron chi connectivity index (χ4n) is 2.84. The second-order valence-electron chi connectivity index (χ2n) is 5.10. The van der Waals surface area contributed by atoms with Crippen LogP contribution in [-0.2, 0) is 6.42 Å². The van der Waals surface area contributed by atoms with Gasteiger partial charge in [-0.1, -0.05) is 13.8 Å². The van der Waals surface area contributed by atoms with Crippen molar-refractivity contribution in [2.75, 3.05) is 6.54 Å². The Morgan fingerprint density at radius 2 is 1.85 bits per heavy atom. The maximum Gasteiger partial charge on any atom is 0.123 e. The second-order valence-corrected chi connectivity index (χ2v) is 5.10. The number of aryl methyl sites for hydroxylation is 3. The molecule has 0 aliphatic heterocycles. The van der Waals surface area contributed by atoms with Crippen molar-refractivity contribution in [2.24, 2.45) is 0 Å². The lowest BCUT2D eigenvalue weighted by Gasteiger charge is -2.22. The number of furan rings is 1. The summed E-state index contributed by atoms with van der Waals surface area (Å²) in [6.45, 7) is 8.92. The summed E-state index contributed by atoms with van der Waals surface area (Å²) in [6, 6.07) is 5.25. The number of nitrogens with one attached hydrogen (secondary N) is 1. The first kappa shape index (κ1) is 14.8. The number of rotatable bonds is 5. The Morgan fingerprint density at radius 3 is 2.40 bits per heavy atom. The Hall–Kier alpha value is -1.61. The summed E-state index contributed by atoms with van der Waals surface area (Å²) in [5.74, 6) is 0.806. The standard InChI is InChI=1S/C17H22FNO/c1-5-15-14(7-8-20-15)17(19-6-2)16-11(3)9-13(18)10-12(16)4/h7-10,17,19H,5-6H2,1-4H3. The zero-order valence-corrected chi connectivity index (χ0v) is 12.6. The second kappa shape index (κ2) is 6.23. The lowest BCUT2D eigenvalue weighted by Crippen LogP contribution is -2.24. The molecule has 0 bridgehead atoms. The van der Waals surface area contributed by atoms with Crippen LogP contribution in [0.15, 0.2) is 28.9 Å². The Labute approximate surface area is 120 Å². The molecule has 1 heterocycles. The van der Waals surface area contributed by atoms with E-state index in [2.05, 4.69) is 19.2 Å². The summed E-state index contributed by atoms with van der Waals surface area (Å²) in [5.41, 5.74) is 4.23. The highest BCUT2D eigenvalue weighted by Gasteiger charge is 2.22. The van der Waals surface area contributed by atoms with Crippen molar-refractivity contribution in [3.63, 3.8) is 0 Å². The maximum absolute atomic E-state index is 13.5. The first-order valence-electron chi connectivity index (χ1n) is 7.14. The van der Waals surface area contributed by atoms with E-state index in [0.717, 1.165) is 41.0 Å². The summed E-state index contributed by atoms with van der Waals surface area (Å²) in [5, 5.41) is 3.49. The Balaban J connectivity index is 2.54. The number of hydrogen-bond acceptors (Lipinski definition) is 2. The van der Waals surface area contributed by atoms with Crippen LogP contribution < -0.4 is 5.32 Å². The maximum atomic E-state index is 13.5. The fourth-order valence-corrected chi connectivity index (χ4v) is 2.84. The van der Waals surface area contributed by atoms with Gasteiger partial charge in [-0.2, -0.15) is 0 Å². The van der Waals surface area contributed by atoms with E-state index in [0.29, 0.717) is 0 Å². The summed E-state index contributed by atoms with van der Waals surface area (Å²) >= 11 is 0. The van der Waals surface area contributed by atoms with Crippen LogP contribution in [0.2, 0.25) is 0 Å². The van der Waals surface area contributed by atoms with Crippen LogP contribution >= 0.6 is 0 Å². The summed E-state index contributed by atoms with van der Waals surface area (Å²) < 4.78 is 19.1. The molecule has 1 atom stereocenters. The smallest absolute Gasteiger partial charge is 0.123 e. The van der Waals surface area contributed by atoms with Crippen LogP contribution in [0.3, 0.4) is 0 Å². The van der Waals surface area contributed by atoms with Gasteiger partial charge in [-0.15, -0.1) is 0 Å².